The van der Waals surface area contributed by atoms with Crippen LogP contribution in [0.4, 0.5) is 4.79 Å². The lowest BCUT2D eigenvalue weighted by Gasteiger charge is -2.20. The van der Waals surface area contributed by atoms with Gasteiger partial charge in [-0.25, -0.2) is 4.79 Å². The molecule has 24 heavy (non-hydrogen) atoms. The van der Waals surface area contributed by atoms with Crippen LogP contribution in [-0.2, 0) is 4.74 Å². The molecule has 1 heterocycles. The summed E-state index contributed by atoms with van der Waals surface area (Å²) in [6, 6.07) is 7.60. The van der Waals surface area contributed by atoms with Crippen LogP contribution in [0.3, 0.4) is 0 Å². The highest BCUT2D eigenvalue weighted by Gasteiger charge is 2.20. The molecular weight excluding hydrogens is 304 g/mol. The Labute approximate surface area is 142 Å². The Hall–Kier alpha value is -2.74. The van der Waals surface area contributed by atoms with Crippen molar-refractivity contribution in [1.82, 2.24) is 4.57 Å². The average Bonchev–Trinajstić information content (AvgIpc) is 2.81. The van der Waals surface area contributed by atoms with Gasteiger partial charge in [0.2, 0.25) is 0 Å². The number of hydrogen-bond donors (Lipinski definition) is 0. The number of ether oxygens (including phenoxy) is 2. The Kier molecular flexibility index (Phi) is 4.70. The van der Waals surface area contributed by atoms with E-state index in [1.165, 1.54) is 0 Å². The lowest BCUT2D eigenvalue weighted by atomic mass is 10.1. The highest BCUT2D eigenvalue weighted by Crippen LogP contribution is 2.30. The monoisotopic (exact) mass is 326 g/mol. The highest BCUT2D eigenvalue weighted by molar-refractivity contribution is 5.67. The average molecular weight is 326 g/mol. The number of rotatable bonds is 2. The van der Waals surface area contributed by atoms with Crippen molar-refractivity contribution < 1.29 is 14.3 Å². The standard InChI is InChI=1S/C19H22N2O3/c1-12-7-8-16(23-18(22)24-19(4,5)6)14(3)17(12)21-11-15(10-20)9-13(21)2/h7-9,11H,1-6H3. The van der Waals surface area contributed by atoms with Gasteiger partial charge in [-0.15, -0.1) is 0 Å². The Morgan fingerprint density at radius 1 is 1.21 bits per heavy atom. The molecule has 0 radical (unpaired) electrons. The van der Waals surface area contributed by atoms with Crippen molar-refractivity contribution in [3.8, 4) is 17.5 Å². The van der Waals surface area contributed by atoms with Crippen LogP contribution in [0.15, 0.2) is 24.4 Å². The van der Waals surface area contributed by atoms with Crippen molar-refractivity contribution in [2.45, 2.75) is 47.1 Å². The Morgan fingerprint density at radius 2 is 1.88 bits per heavy atom. The fraction of sp³-hybridized carbons (Fsp3) is 0.368. The summed E-state index contributed by atoms with van der Waals surface area (Å²) in [6.45, 7) is 11.1. The molecule has 0 aliphatic heterocycles. The number of aromatic nitrogens is 1. The van der Waals surface area contributed by atoms with Crippen LogP contribution in [0.25, 0.3) is 5.69 Å². The molecule has 5 nitrogen and oxygen atoms in total. The fourth-order valence-electron chi connectivity index (χ4n) is 2.53. The minimum atomic E-state index is -0.734. The number of carbonyl (C=O) groups is 1. The minimum absolute atomic E-state index is 0.441. The molecule has 2 aromatic rings. The van der Waals surface area contributed by atoms with Crippen LogP contribution in [0.5, 0.6) is 5.75 Å². The summed E-state index contributed by atoms with van der Waals surface area (Å²) in [5.74, 6) is 0.441. The van der Waals surface area contributed by atoms with Crippen LogP contribution in [-0.4, -0.2) is 16.3 Å². The molecule has 0 saturated heterocycles. The van der Waals surface area contributed by atoms with Gasteiger partial charge < -0.3 is 14.0 Å². The molecule has 0 amide bonds. The molecule has 0 N–H and O–H groups in total. The normalized spacial score (nSPS) is 11.0. The molecule has 0 atom stereocenters. The largest absolute Gasteiger partial charge is 0.514 e. The molecule has 5 heteroatoms. The van der Waals surface area contributed by atoms with Gasteiger partial charge in [-0.2, -0.15) is 5.26 Å². The van der Waals surface area contributed by atoms with Crippen LogP contribution in [0.2, 0.25) is 0 Å². The number of nitriles is 1. The number of benzene rings is 1. The van der Waals surface area contributed by atoms with Gasteiger partial charge in [0.25, 0.3) is 0 Å². The first-order valence-electron chi connectivity index (χ1n) is 7.73. The van der Waals surface area contributed by atoms with Gasteiger partial charge in [0, 0.05) is 17.5 Å². The minimum Gasteiger partial charge on any atom is -0.428 e. The van der Waals surface area contributed by atoms with Crippen molar-refractivity contribution in [3.63, 3.8) is 0 Å². The number of hydrogen-bond acceptors (Lipinski definition) is 4. The smallest absolute Gasteiger partial charge is 0.428 e. The van der Waals surface area contributed by atoms with Gasteiger partial charge >= 0.3 is 6.16 Å². The van der Waals surface area contributed by atoms with Crippen LogP contribution >= 0.6 is 0 Å². The maximum absolute atomic E-state index is 11.9. The van der Waals surface area contributed by atoms with Crippen molar-refractivity contribution >= 4 is 6.16 Å². The van der Waals surface area contributed by atoms with Crippen LogP contribution < -0.4 is 4.74 Å². The Bertz CT molecular complexity index is 820. The van der Waals surface area contributed by atoms with Gasteiger partial charge in [-0.1, -0.05) is 6.07 Å². The van der Waals surface area contributed by atoms with E-state index >= 15 is 0 Å². The Morgan fingerprint density at radius 3 is 2.42 bits per heavy atom. The van der Waals surface area contributed by atoms with E-state index in [0.717, 1.165) is 22.5 Å². The zero-order valence-electron chi connectivity index (χ0n) is 14.9. The maximum Gasteiger partial charge on any atom is 0.514 e. The van der Waals surface area contributed by atoms with E-state index in [2.05, 4.69) is 6.07 Å². The lowest BCUT2D eigenvalue weighted by Crippen LogP contribution is -2.26. The molecule has 1 aromatic carbocycles. The van der Waals surface area contributed by atoms with E-state index < -0.39 is 11.8 Å². The van der Waals surface area contributed by atoms with E-state index in [1.807, 2.05) is 37.5 Å². The summed E-state index contributed by atoms with van der Waals surface area (Å²) >= 11 is 0. The zero-order chi connectivity index (χ0) is 18.1. The first kappa shape index (κ1) is 17.6. The summed E-state index contributed by atoms with van der Waals surface area (Å²) < 4.78 is 12.5. The zero-order valence-corrected chi connectivity index (χ0v) is 14.9. The molecule has 0 saturated carbocycles. The Balaban J connectivity index is 2.43. The molecule has 2 rings (SSSR count). The highest BCUT2D eigenvalue weighted by atomic mass is 16.7. The third kappa shape index (κ3) is 3.77. The molecule has 0 aliphatic carbocycles. The predicted molar refractivity (Wildman–Crippen MR) is 91.6 cm³/mol. The van der Waals surface area contributed by atoms with Crippen LogP contribution in [0.1, 0.15) is 43.2 Å². The summed E-state index contributed by atoms with van der Waals surface area (Å²) in [7, 11) is 0. The topological polar surface area (TPSA) is 64.2 Å². The molecule has 1 aromatic heterocycles. The van der Waals surface area contributed by atoms with Crippen molar-refractivity contribution in [2.75, 3.05) is 0 Å². The van der Waals surface area contributed by atoms with Crippen molar-refractivity contribution in [3.05, 3.63) is 46.8 Å². The lowest BCUT2D eigenvalue weighted by molar-refractivity contribution is 0.0205. The number of aryl methyl sites for hydroxylation is 2. The summed E-state index contributed by atoms with van der Waals surface area (Å²) in [4.78, 5) is 11.9. The molecule has 0 spiro atoms. The van der Waals surface area contributed by atoms with E-state index in [1.54, 1.807) is 33.0 Å². The summed E-state index contributed by atoms with van der Waals surface area (Å²) in [5, 5.41) is 9.09. The predicted octanol–water partition coefficient (Wildman–Crippen LogP) is 4.59. The molecular formula is C19H22N2O3. The molecule has 0 fully saturated rings. The summed E-state index contributed by atoms with van der Waals surface area (Å²) in [6.07, 6.45) is 1.05. The number of carbonyl (C=O) groups excluding carboxylic acids is 1. The second-order valence-electron chi connectivity index (χ2n) is 6.77. The third-order valence-corrected chi connectivity index (χ3v) is 3.55. The SMILES string of the molecule is Cc1ccc(OC(=O)OC(C)(C)C)c(C)c1-n1cc(C#N)cc1C. The quantitative estimate of drug-likeness (QED) is 0.598. The van der Waals surface area contributed by atoms with Crippen LogP contribution in [0, 0.1) is 32.1 Å². The van der Waals surface area contributed by atoms with E-state index in [-0.39, 0.29) is 0 Å². The molecule has 0 bridgehead atoms. The van der Waals surface area contributed by atoms with Gasteiger partial charge in [-0.05, 0) is 59.2 Å². The maximum atomic E-state index is 11.9. The second-order valence-corrected chi connectivity index (χ2v) is 6.77. The molecule has 0 unspecified atom stereocenters. The van der Waals surface area contributed by atoms with Gasteiger partial charge in [-0.3, -0.25) is 0 Å². The van der Waals surface area contributed by atoms with Gasteiger partial charge in [0.05, 0.1) is 11.3 Å². The summed E-state index contributed by atoms with van der Waals surface area (Å²) in [5.41, 5.74) is 3.64. The first-order chi connectivity index (χ1) is 11.1. The fourth-order valence-corrected chi connectivity index (χ4v) is 2.53. The van der Waals surface area contributed by atoms with Crippen molar-refractivity contribution in [2.24, 2.45) is 0 Å². The van der Waals surface area contributed by atoms with E-state index in [9.17, 15) is 4.79 Å². The second kappa shape index (κ2) is 6.40. The number of nitrogens with zero attached hydrogens (tertiary/aromatic N) is 2. The first-order valence-corrected chi connectivity index (χ1v) is 7.73. The third-order valence-electron chi connectivity index (χ3n) is 3.55. The molecule has 126 valence electrons. The van der Waals surface area contributed by atoms with Gasteiger partial charge in [0.15, 0.2) is 0 Å². The van der Waals surface area contributed by atoms with Gasteiger partial charge in [0.1, 0.15) is 17.4 Å². The van der Waals surface area contributed by atoms with E-state index in [4.69, 9.17) is 14.7 Å². The molecule has 0 aliphatic rings. The van der Waals surface area contributed by atoms with Crippen molar-refractivity contribution in [1.29, 1.82) is 5.26 Å². The van der Waals surface area contributed by atoms with E-state index in [0.29, 0.717) is 11.3 Å².